The molecular formula is C63H42. The highest BCUT2D eigenvalue weighted by molar-refractivity contribution is 6.15. The van der Waals surface area contributed by atoms with Crippen molar-refractivity contribution in [2.45, 2.75) is 19.3 Å². The smallest absolute Gasteiger partial charge is 0.0159 e. The molecule has 0 spiro atoms. The third kappa shape index (κ3) is 5.61. The van der Waals surface area contributed by atoms with Gasteiger partial charge in [-0.3, -0.25) is 0 Å². The third-order valence-corrected chi connectivity index (χ3v) is 14.2. The molecule has 0 heterocycles. The lowest BCUT2D eigenvalue weighted by molar-refractivity contribution is 0.661. The van der Waals surface area contributed by atoms with Crippen molar-refractivity contribution in [3.63, 3.8) is 0 Å². The van der Waals surface area contributed by atoms with Crippen LogP contribution in [-0.2, 0) is 5.41 Å². The van der Waals surface area contributed by atoms with Crippen molar-refractivity contribution in [1.29, 1.82) is 0 Å². The van der Waals surface area contributed by atoms with Gasteiger partial charge in [0.25, 0.3) is 0 Å². The molecule has 0 radical (unpaired) electrons. The van der Waals surface area contributed by atoms with Crippen molar-refractivity contribution in [2.24, 2.45) is 0 Å². The second kappa shape index (κ2) is 13.6. The zero-order chi connectivity index (χ0) is 41.8. The summed E-state index contributed by atoms with van der Waals surface area (Å²) in [6.45, 7) is 4.79. The van der Waals surface area contributed by atoms with Crippen LogP contribution in [0.4, 0.5) is 0 Å². The molecule has 0 N–H and O–H groups in total. The van der Waals surface area contributed by atoms with Crippen molar-refractivity contribution < 1.29 is 0 Å². The Hall–Kier alpha value is -7.80. The molecule has 0 fully saturated rings. The van der Waals surface area contributed by atoms with Crippen molar-refractivity contribution in [2.75, 3.05) is 0 Å². The fraction of sp³-hybridized carbons (Fsp3) is 0.0476. The van der Waals surface area contributed by atoms with Gasteiger partial charge in [-0.05, 0) is 180 Å². The van der Waals surface area contributed by atoms with Gasteiger partial charge in [0.15, 0.2) is 0 Å². The molecule has 294 valence electrons. The molecule has 12 aromatic rings. The van der Waals surface area contributed by atoms with Crippen molar-refractivity contribution in [3.05, 3.63) is 230 Å². The summed E-state index contributed by atoms with van der Waals surface area (Å²) >= 11 is 0. The van der Waals surface area contributed by atoms with Gasteiger partial charge < -0.3 is 0 Å². The minimum Gasteiger partial charge on any atom is -0.0616 e. The normalized spacial score (nSPS) is 13.0. The average molecular weight is 799 g/mol. The summed E-state index contributed by atoms with van der Waals surface area (Å²) in [5.41, 5.74) is 15.3. The maximum atomic E-state index is 2.45. The van der Waals surface area contributed by atoms with Crippen LogP contribution in [0.15, 0.2) is 218 Å². The predicted octanol–water partition coefficient (Wildman–Crippen LogP) is 17.6. The largest absolute Gasteiger partial charge is 0.0616 e. The average Bonchev–Trinajstić information content (AvgIpc) is 3.57. The SMILES string of the molecule is CC1(C)c2cc(-c3ccc4ccc(-c5cc6ccccc6c6ccccc56)cc4c3)ccc2-c2ccc(-c3ccc4ccc(-c5cc6ccccc6c6ccccc56)cc4c3)cc21. The minimum absolute atomic E-state index is 0.154. The lowest BCUT2D eigenvalue weighted by Crippen LogP contribution is -2.15. The van der Waals surface area contributed by atoms with Crippen LogP contribution in [0.2, 0.25) is 0 Å². The Balaban J connectivity index is 0.848. The van der Waals surface area contributed by atoms with E-state index < -0.39 is 0 Å². The van der Waals surface area contributed by atoms with Gasteiger partial charge in [0.05, 0.1) is 0 Å². The molecular weight excluding hydrogens is 757 g/mol. The Morgan fingerprint density at radius 2 is 0.556 bits per heavy atom. The molecule has 0 aromatic heterocycles. The first kappa shape index (κ1) is 35.9. The maximum absolute atomic E-state index is 2.45. The van der Waals surface area contributed by atoms with Crippen LogP contribution in [0.5, 0.6) is 0 Å². The molecule has 1 aliphatic carbocycles. The lowest BCUT2D eigenvalue weighted by Gasteiger charge is -2.23. The molecule has 0 nitrogen and oxygen atoms in total. The van der Waals surface area contributed by atoms with E-state index in [1.807, 2.05) is 0 Å². The zero-order valence-corrected chi connectivity index (χ0v) is 35.3. The Kier molecular flexibility index (Phi) is 7.75. The van der Waals surface area contributed by atoms with Crippen LogP contribution in [-0.4, -0.2) is 0 Å². The quantitative estimate of drug-likeness (QED) is 0.156. The van der Waals surface area contributed by atoms with Gasteiger partial charge in [0.1, 0.15) is 0 Å². The first-order valence-electron chi connectivity index (χ1n) is 22.1. The van der Waals surface area contributed by atoms with E-state index in [9.17, 15) is 0 Å². The van der Waals surface area contributed by atoms with E-state index in [4.69, 9.17) is 0 Å². The summed E-state index contributed by atoms with van der Waals surface area (Å²) in [5, 5.41) is 15.3. The molecule has 12 aromatic carbocycles. The molecule has 0 heteroatoms. The summed E-state index contributed by atoms with van der Waals surface area (Å²) < 4.78 is 0. The first-order chi connectivity index (χ1) is 30.9. The van der Waals surface area contributed by atoms with Crippen molar-refractivity contribution >= 4 is 64.6 Å². The number of hydrogen-bond donors (Lipinski definition) is 0. The number of fused-ring (bicyclic) bond motifs is 11. The number of hydrogen-bond acceptors (Lipinski definition) is 0. The van der Waals surface area contributed by atoms with E-state index in [1.165, 1.54) is 131 Å². The monoisotopic (exact) mass is 798 g/mol. The molecule has 0 unspecified atom stereocenters. The van der Waals surface area contributed by atoms with Crippen LogP contribution < -0.4 is 0 Å². The van der Waals surface area contributed by atoms with Gasteiger partial charge in [-0.15, -0.1) is 0 Å². The van der Waals surface area contributed by atoms with Gasteiger partial charge in [-0.2, -0.15) is 0 Å². The maximum Gasteiger partial charge on any atom is 0.0159 e. The van der Waals surface area contributed by atoms with Crippen LogP contribution in [0.1, 0.15) is 25.0 Å². The van der Waals surface area contributed by atoms with Crippen molar-refractivity contribution in [3.8, 4) is 55.6 Å². The van der Waals surface area contributed by atoms with Gasteiger partial charge in [-0.25, -0.2) is 0 Å². The van der Waals surface area contributed by atoms with E-state index in [0.717, 1.165) is 0 Å². The fourth-order valence-electron chi connectivity index (χ4n) is 10.9. The molecule has 0 bridgehead atoms. The Morgan fingerprint density at radius 1 is 0.222 bits per heavy atom. The topological polar surface area (TPSA) is 0 Å². The highest BCUT2D eigenvalue weighted by Crippen LogP contribution is 2.51. The second-order valence-corrected chi connectivity index (χ2v) is 18.1. The Morgan fingerprint density at radius 3 is 1.00 bits per heavy atom. The molecule has 13 rings (SSSR count). The van der Waals surface area contributed by atoms with Crippen LogP contribution >= 0.6 is 0 Å². The van der Waals surface area contributed by atoms with Crippen LogP contribution in [0.3, 0.4) is 0 Å². The summed E-state index contributed by atoms with van der Waals surface area (Å²) in [6, 6.07) is 81.8. The van der Waals surface area contributed by atoms with Crippen LogP contribution in [0.25, 0.3) is 120 Å². The highest BCUT2D eigenvalue weighted by Gasteiger charge is 2.36. The first-order valence-corrected chi connectivity index (χ1v) is 22.1. The molecule has 0 atom stereocenters. The van der Waals surface area contributed by atoms with E-state index in [-0.39, 0.29) is 5.41 Å². The summed E-state index contributed by atoms with van der Waals surface area (Å²) in [5.74, 6) is 0. The standard InChI is InChI=1S/C63H42/c1-63(2)61-37-43(41-23-19-39-21-25-47(33-49(39)31-41)59-35-45-11-3-5-13-51(45)53-15-7-9-17-55(53)59)27-29-57(61)58-30-28-44(38-62(58)63)42-24-20-40-22-26-48(34-50(40)32-42)60-36-46-12-4-6-14-52(46)54-16-8-10-18-56(54)60/h3-38H,1-2H3. The Labute approximate surface area is 367 Å². The fourth-order valence-corrected chi connectivity index (χ4v) is 10.9. The van der Waals surface area contributed by atoms with Gasteiger partial charge in [0, 0.05) is 5.41 Å². The van der Waals surface area contributed by atoms with Gasteiger partial charge >= 0.3 is 0 Å². The Bertz CT molecular complexity index is 3630. The van der Waals surface area contributed by atoms with Gasteiger partial charge in [-0.1, -0.05) is 184 Å². The predicted molar refractivity (Wildman–Crippen MR) is 271 cm³/mol. The summed E-state index contributed by atoms with van der Waals surface area (Å²) in [7, 11) is 0. The molecule has 0 amide bonds. The second-order valence-electron chi connectivity index (χ2n) is 18.1. The van der Waals surface area contributed by atoms with E-state index in [1.54, 1.807) is 0 Å². The molecule has 1 aliphatic rings. The highest BCUT2D eigenvalue weighted by atomic mass is 14.4. The van der Waals surface area contributed by atoms with Crippen LogP contribution in [0, 0.1) is 0 Å². The van der Waals surface area contributed by atoms with Gasteiger partial charge in [0.2, 0.25) is 0 Å². The molecule has 0 aliphatic heterocycles. The molecule has 0 saturated heterocycles. The minimum atomic E-state index is -0.154. The zero-order valence-electron chi connectivity index (χ0n) is 35.3. The number of benzene rings is 12. The third-order valence-electron chi connectivity index (χ3n) is 14.2. The van der Waals surface area contributed by atoms with E-state index in [0.29, 0.717) is 0 Å². The summed E-state index contributed by atoms with van der Waals surface area (Å²) in [6.07, 6.45) is 0. The number of rotatable bonds is 4. The summed E-state index contributed by atoms with van der Waals surface area (Å²) in [4.78, 5) is 0. The van der Waals surface area contributed by atoms with Crippen molar-refractivity contribution in [1.82, 2.24) is 0 Å². The van der Waals surface area contributed by atoms with E-state index >= 15 is 0 Å². The van der Waals surface area contributed by atoms with E-state index in [2.05, 4.69) is 232 Å². The molecule has 0 saturated carbocycles. The lowest BCUT2D eigenvalue weighted by atomic mass is 9.80. The molecule has 63 heavy (non-hydrogen) atoms.